The number of rotatable bonds is 6. The normalized spacial score (nSPS) is 9.00. The molecule has 0 rings (SSSR count). The molecule has 0 aromatic rings. The van der Waals surface area contributed by atoms with E-state index in [-0.39, 0.29) is 10.7 Å². The maximum atomic E-state index is 11.3. The summed E-state index contributed by atoms with van der Waals surface area (Å²) in [5.41, 5.74) is 0. The van der Waals surface area contributed by atoms with Crippen molar-refractivity contribution in [3.63, 3.8) is 0 Å². The molecule has 0 spiro atoms. The summed E-state index contributed by atoms with van der Waals surface area (Å²) >= 11 is 1.07. The van der Waals surface area contributed by atoms with Crippen molar-refractivity contribution in [1.82, 2.24) is 0 Å². The molecule has 102 valence electrons. The standard InChI is InChI=1S/3C3H3IO2.Ga/c3*1-2(4)3(5)6;/h3*1H2,(H,5,6);/q;;;+3/p-3. The Hall–Kier alpha value is 0.456. The predicted octanol–water partition coefficient (Wildman–Crippen LogP) is 2.45. The van der Waals surface area contributed by atoms with E-state index in [9.17, 15) is 14.4 Å². The Morgan fingerprint density at radius 1 is 0.684 bits per heavy atom. The molecular weight excluding hydrogens is 655 g/mol. The van der Waals surface area contributed by atoms with Gasteiger partial charge in [0, 0.05) is 0 Å². The van der Waals surface area contributed by atoms with Crippen molar-refractivity contribution in [2.24, 2.45) is 0 Å². The zero-order valence-corrected chi connectivity index (χ0v) is 18.2. The van der Waals surface area contributed by atoms with E-state index >= 15 is 0 Å². The molecule has 0 aromatic carbocycles. The van der Waals surface area contributed by atoms with Crippen molar-refractivity contribution < 1.29 is 25.0 Å². The Bertz CT molecular complexity index is 394. The minimum atomic E-state index is -3.85. The molecule has 0 bridgehead atoms. The summed E-state index contributed by atoms with van der Waals surface area (Å²) in [7, 11) is 0. The molecule has 0 aromatic heterocycles. The molecule has 0 aliphatic rings. The summed E-state index contributed by atoms with van der Waals surface area (Å²) in [6.07, 6.45) is 0. The predicted molar refractivity (Wildman–Crippen MR) is 93.5 cm³/mol. The SMILES string of the molecule is C=C(I)C(=O)[O][Ga]([O]C(=O)C(=C)I)[O]C(=O)C(=C)I. The molecule has 0 fully saturated rings. The monoisotopic (exact) mass is 660 g/mol. The van der Waals surface area contributed by atoms with E-state index in [1.165, 1.54) is 0 Å². The van der Waals surface area contributed by atoms with Crippen LogP contribution in [0.15, 0.2) is 30.5 Å². The molecule has 10 heteroatoms. The van der Waals surface area contributed by atoms with E-state index in [2.05, 4.69) is 19.7 Å². The van der Waals surface area contributed by atoms with Gasteiger partial charge in [0.2, 0.25) is 0 Å². The molecule has 0 aliphatic carbocycles. The fraction of sp³-hybridized carbons (Fsp3) is 0. The molecule has 0 amide bonds. The molecule has 0 aliphatic heterocycles. The van der Waals surface area contributed by atoms with Crippen LogP contribution in [0, 0.1) is 0 Å². The van der Waals surface area contributed by atoms with Gasteiger partial charge in [-0.1, -0.05) is 0 Å². The first-order chi connectivity index (χ1) is 8.65. The van der Waals surface area contributed by atoms with Crippen LogP contribution in [0.5, 0.6) is 0 Å². The summed E-state index contributed by atoms with van der Waals surface area (Å²) < 4.78 is 14.7. The maximum absolute atomic E-state index is 11.3. The second kappa shape index (κ2) is 9.40. The molecule has 0 unspecified atom stereocenters. The Morgan fingerprint density at radius 2 is 0.895 bits per heavy atom. The van der Waals surface area contributed by atoms with Gasteiger partial charge >= 0.3 is 158 Å². The van der Waals surface area contributed by atoms with E-state index in [1.54, 1.807) is 67.8 Å². The second-order valence-electron chi connectivity index (χ2n) is 2.72. The Morgan fingerprint density at radius 3 is 1.05 bits per heavy atom. The molecule has 0 N–H and O–H groups in total. The van der Waals surface area contributed by atoms with Crippen LogP contribution in [0.1, 0.15) is 0 Å². The average molecular weight is 661 g/mol. The van der Waals surface area contributed by atoms with Gasteiger partial charge in [0.05, 0.1) is 0 Å². The van der Waals surface area contributed by atoms with Gasteiger partial charge in [0.1, 0.15) is 0 Å². The summed E-state index contributed by atoms with van der Waals surface area (Å²) in [4.78, 5) is 34.0. The quantitative estimate of drug-likeness (QED) is 0.248. The van der Waals surface area contributed by atoms with Gasteiger partial charge in [0.25, 0.3) is 0 Å². The number of carbonyl (C=O) groups excluding carboxylic acids is 3. The van der Waals surface area contributed by atoms with Crippen molar-refractivity contribution in [2.45, 2.75) is 0 Å². The topological polar surface area (TPSA) is 78.9 Å². The third-order valence-corrected chi connectivity index (χ3v) is 5.15. The number of hydrogen-bond donors (Lipinski definition) is 0. The van der Waals surface area contributed by atoms with Crippen LogP contribution in [0.4, 0.5) is 0 Å². The van der Waals surface area contributed by atoms with Crippen LogP contribution in [-0.2, 0) is 25.0 Å². The fourth-order valence-corrected chi connectivity index (χ4v) is 4.72. The van der Waals surface area contributed by atoms with Gasteiger partial charge < -0.3 is 0 Å². The van der Waals surface area contributed by atoms with E-state index in [4.69, 9.17) is 10.6 Å². The Balaban J connectivity index is 4.82. The van der Waals surface area contributed by atoms with Crippen LogP contribution >= 0.6 is 67.8 Å². The summed E-state index contributed by atoms with van der Waals surface area (Å²) in [6.45, 7) is 10.1. The summed E-state index contributed by atoms with van der Waals surface area (Å²) in [5, 5.41) is 0. The van der Waals surface area contributed by atoms with Crippen LogP contribution in [-0.4, -0.2) is 35.2 Å². The summed E-state index contributed by atoms with van der Waals surface area (Å²) in [5.74, 6) is -2.40. The van der Waals surface area contributed by atoms with Crippen molar-refractivity contribution in [3.8, 4) is 0 Å². The minimum absolute atomic E-state index is 0.0712. The van der Waals surface area contributed by atoms with Crippen molar-refractivity contribution in [1.29, 1.82) is 0 Å². The molecule has 19 heavy (non-hydrogen) atoms. The summed E-state index contributed by atoms with van der Waals surface area (Å²) in [6, 6.07) is 0. The van der Waals surface area contributed by atoms with Crippen molar-refractivity contribution in [2.75, 3.05) is 0 Å². The van der Waals surface area contributed by atoms with Gasteiger partial charge in [0.15, 0.2) is 0 Å². The number of carbonyl (C=O) groups is 3. The van der Waals surface area contributed by atoms with Crippen LogP contribution in [0.2, 0.25) is 0 Å². The molecule has 0 radical (unpaired) electrons. The van der Waals surface area contributed by atoms with Gasteiger partial charge in [-0.25, -0.2) is 0 Å². The third kappa shape index (κ3) is 8.36. The van der Waals surface area contributed by atoms with Gasteiger partial charge in [-0.15, -0.1) is 0 Å². The van der Waals surface area contributed by atoms with Crippen molar-refractivity contribution >= 4 is 103 Å². The van der Waals surface area contributed by atoms with Crippen LogP contribution in [0.3, 0.4) is 0 Å². The van der Waals surface area contributed by atoms with Gasteiger partial charge in [-0.05, 0) is 0 Å². The van der Waals surface area contributed by atoms with Crippen molar-refractivity contribution in [3.05, 3.63) is 30.5 Å². The van der Waals surface area contributed by atoms with E-state index < -0.39 is 35.2 Å². The van der Waals surface area contributed by atoms with E-state index in [0.29, 0.717) is 0 Å². The van der Waals surface area contributed by atoms with Crippen LogP contribution < -0.4 is 0 Å². The van der Waals surface area contributed by atoms with Crippen LogP contribution in [0.25, 0.3) is 0 Å². The number of halogens is 3. The molecule has 0 saturated heterocycles. The molecule has 0 atom stereocenters. The Labute approximate surface area is 156 Å². The first kappa shape index (κ1) is 19.5. The fourth-order valence-electron chi connectivity index (χ4n) is 0.526. The number of hydrogen-bond acceptors (Lipinski definition) is 6. The average Bonchev–Trinajstić information content (AvgIpc) is 2.27. The molecule has 0 heterocycles. The first-order valence-electron chi connectivity index (χ1n) is 4.31. The van der Waals surface area contributed by atoms with E-state index in [1.807, 2.05) is 0 Å². The molecule has 6 nitrogen and oxygen atoms in total. The zero-order valence-electron chi connectivity index (χ0n) is 9.28. The molecule has 0 saturated carbocycles. The third-order valence-electron chi connectivity index (χ3n) is 1.27. The van der Waals surface area contributed by atoms with E-state index in [0.717, 1.165) is 0 Å². The zero-order chi connectivity index (χ0) is 15.2. The molecular formula is C9H6GaI3O6. The first-order valence-corrected chi connectivity index (χ1v) is 10.5. The van der Waals surface area contributed by atoms with Gasteiger partial charge in [-0.2, -0.15) is 0 Å². The second-order valence-corrected chi connectivity index (χ2v) is 9.32. The van der Waals surface area contributed by atoms with Gasteiger partial charge in [-0.3, -0.25) is 0 Å². The Kier molecular flexibility index (Phi) is 9.63.